The maximum absolute atomic E-state index is 4.31. The number of nitrogens with zero attached hydrogens (tertiary/aromatic N) is 2. The molecule has 0 bridgehead atoms. The molecule has 1 aliphatic heterocycles. The van der Waals surface area contributed by atoms with Crippen LogP contribution >= 0.6 is 0 Å². The Morgan fingerprint density at radius 3 is 2.75 bits per heavy atom. The molecule has 0 radical (unpaired) electrons. The lowest BCUT2D eigenvalue weighted by atomic mass is 10.2. The van der Waals surface area contributed by atoms with Gasteiger partial charge in [-0.1, -0.05) is 12.2 Å². The van der Waals surface area contributed by atoms with Gasteiger partial charge in [-0.15, -0.1) is 0 Å². The number of allylic oxidation sites excluding steroid dienone is 2. The van der Waals surface area contributed by atoms with E-state index >= 15 is 0 Å². The van der Waals surface area contributed by atoms with Gasteiger partial charge >= 0.3 is 0 Å². The molecule has 0 aromatic rings. The first-order chi connectivity index (χ1) is 5.79. The third-order valence-electron chi connectivity index (χ3n) is 1.73. The molecule has 0 aromatic carbocycles. The summed E-state index contributed by atoms with van der Waals surface area (Å²) in [4.78, 5) is 6.32. The number of likely N-dealkylation sites (N-methyl/N-ethyl adjacent to an activating group) is 1. The average Bonchev–Trinajstić information content (AvgIpc) is 2.43. The molecule has 0 spiro atoms. The summed E-state index contributed by atoms with van der Waals surface area (Å²) >= 11 is 0. The highest BCUT2D eigenvalue weighted by Crippen LogP contribution is 2.12. The lowest BCUT2D eigenvalue weighted by Gasteiger charge is -2.09. The largest absolute Gasteiger partial charge is 0.336 e. The standard InChI is InChI=1S/C10H14N2/c1-4-7-11-10-9(5-2)6-8-12(10)3/h4-8H,1-3H3/b7-4-,9-5-,11-10+. The molecule has 0 saturated carbocycles. The Labute approximate surface area is 73.6 Å². The summed E-state index contributed by atoms with van der Waals surface area (Å²) in [6, 6.07) is 0. The highest BCUT2D eigenvalue weighted by atomic mass is 15.2. The van der Waals surface area contributed by atoms with Crippen molar-refractivity contribution in [2.45, 2.75) is 13.8 Å². The van der Waals surface area contributed by atoms with Crippen LogP contribution in [0.25, 0.3) is 0 Å². The molecule has 0 fully saturated rings. The second-order valence-corrected chi connectivity index (χ2v) is 2.61. The van der Waals surface area contributed by atoms with E-state index in [1.165, 1.54) is 5.57 Å². The number of amidine groups is 1. The minimum atomic E-state index is 1.01. The van der Waals surface area contributed by atoms with Crippen molar-refractivity contribution in [2.75, 3.05) is 7.05 Å². The molecule has 2 nitrogen and oxygen atoms in total. The summed E-state index contributed by atoms with van der Waals surface area (Å²) in [5.41, 5.74) is 1.18. The van der Waals surface area contributed by atoms with Crippen molar-refractivity contribution in [3.63, 3.8) is 0 Å². The molecule has 0 N–H and O–H groups in total. The normalized spacial score (nSPS) is 23.8. The summed E-state index contributed by atoms with van der Waals surface area (Å²) in [6.45, 7) is 3.98. The van der Waals surface area contributed by atoms with Crippen molar-refractivity contribution < 1.29 is 0 Å². The van der Waals surface area contributed by atoms with Crippen LogP contribution in [0.4, 0.5) is 0 Å². The zero-order valence-corrected chi connectivity index (χ0v) is 7.78. The molecule has 0 aromatic heterocycles. The molecule has 1 heterocycles. The van der Waals surface area contributed by atoms with Crippen LogP contribution < -0.4 is 0 Å². The van der Waals surface area contributed by atoms with Crippen LogP contribution in [0.3, 0.4) is 0 Å². The predicted molar refractivity (Wildman–Crippen MR) is 52.9 cm³/mol. The summed E-state index contributed by atoms with van der Waals surface area (Å²) in [5.74, 6) is 1.01. The van der Waals surface area contributed by atoms with Gasteiger partial charge in [-0.3, -0.25) is 0 Å². The van der Waals surface area contributed by atoms with E-state index in [1.807, 2.05) is 44.3 Å². The molecule has 0 amide bonds. The van der Waals surface area contributed by atoms with Crippen LogP contribution in [-0.4, -0.2) is 17.8 Å². The van der Waals surface area contributed by atoms with E-state index < -0.39 is 0 Å². The van der Waals surface area contributed by atoms with E-state index in [9.17, 15) is 0 Å². The molecular weight excluding hydrogens is 148 g/mol. The molecule has 0 atom stereocenters. The summed E-state index contributed by atoms with van der Waals surface area (Å²) in [5, 5.41) is 0. The Morgan fingerprint density at radius 1 is 1.42 bits per heavy atom. The first kappa shape index (κ1) is 8.78. The first-order valence-corrected chi connectivity index (χ1v) is 4.06. The molecular formula is C10H14N2. The Morgan fingerprint density at radius 2 is 2.17 bits per heavy atom. The second kappa shape index (κ2) is 3.90. The van der Waals surface area contributed by atoms with E-state index in [1.54, 1.807) is 0 Å². The Kier molecular flexibility index (Phi) is 2.86. The molecule has 64 valence electrons. The maximum Gasteiger partial charge on any atom is 0.139 e. The van der Waals surface area contributed by atoms with E-state index in [-0.39, 0.29) is 0 Å². The fourth-order valence-electron chi connectivity index (χ4n) is 1.08. The van der Waals surface area contributed by atoms with Crippen LogP contribution in [-0.2, 0) is 0 Å². The van der Waals surface area contributed by atoms with E-state index in [0.717, 1.165) is 5.84 Å². The number of rotatable bonds is 1. The SMILES string of the molecule is C\C=C/N=C1\C(=C/C)C=CN1C. The average molecular weight is 162 g/mol. The van der Waals surface area contributed by atoms with Crippen molar-refractivity contribution in [3.8, 4) is 0 Å². The number of hydrogen-bond donors (Lipinski definition) is 0. The van der Waals surface area contributed by atoms with Gasteiger partial charge in [0.25, 0.3) is 0 Å². The number of aliphatic imine (C=N–C) groups is 1. The monoisotopic (exact) mass is 162 g/mol. The highest BCUT2D eigenvalue weighted by molar-refractivity contribution is 6.03. The van der Waals surface area contributed by atoms with Gasteiger partial charge in [0, 0.05) is 25.0 Å². The van der Waals surface area contributed by atoms with Crippen molar-refractivity contribution in [3.05, 3.63) is 36.2 Å². The van der Waals surface area contributed by atoms with Gasteiger partial charge in [0.15, 0.2) is 0 Å². The Bertz CT molecular complexity index is 270. The molecule has 0 aliphatic carbocycles. The quantitative estimate of drug-likeness (QED) is 0.577. The van der Waals surface area contributed by atoms with Crippen molar-refractivity contribution in [1.82, 2.24) is 4.90 Å². The van der Waals surface area contributed by atoms with Crippen molar-refractivity contribution in [2.24, 2.45) is 4.99 Å². The zero-order chi connectivity index (χ0) is 8.97. The molecule has 1 aliphatic rings. The third-order valence-corrected chi connectivity index (χ3v) is 1.73. The van der Waals surface area contributed by atoms with Crippen molar-refractivity contribution in [1.29, 1.82) is 0 Å². The van der Waals surface area contributed by atoms with Crippen LogP contribution in [0.15, 0.2) is 41.2 Å². The van der Waals surface area contributed by atoms with Gasteiger partial charge in [-0.05, 0) is 19.9 Å². The molecule has 12 heavy (non-hydrogen) atoms. The topological polar surface area (TPSA) is 15.6 Å². The lowest BCUT2D eigenvalue weighted by Crippen LogP contribution is -2.16. The van der Waals surface area contributed by atoms with Crippen LogP contribution in [0.1, 0.15) is 13.8 Å². The summed E-state index contributed by atoms with van der Waals surface area (Å²) in [6.07, 6.45) is 9.86. The molecule has 2 heteroatoms. The zero-order valence-electron chi connectivity index (χ0n) is 7.78. The fraction of sp³-hybridized carbons (Fsp3) is 0.300. The molecule has 0 saturated heterocycles. The number of hydrogen-bond acceptors (Lipinski definition) is 1. The Balaban J connectivity index is 2.89. The predicted octanol–water partition coefficient (Wildman–Crippen LogP) is 2.32. The maximum atomic E-state index is 4.31. The van der Waals surface area contributed by atoms with Crippen LogP contribution in [0.5, 0.6) is 0 Å². The van der Waals surface area contributed by atoms with Gasteiger partial charge < -0.3 is 4.90 Å². The van der Waals surface area contributed by atoms with Gasteiger partial charge in [0.2, 0.25) is 0 Å². The third kappa shape index (κ3) is 1.64. The second-order valence-electron chi connectivity index (χ2n) is 2.61. The molecule has 0 unspecified atom stereocenters. The van der Waals surface area contributed by atoms with E-state index in [0.29, 0.717) is 0 Å². The summed E-state index contributed by atoms with van der Waals surface area (Å²) < 4.78 is 0. The first-order valence-electron chi connectivity index (χ1n) is 4.06. The van der Waals surface area contributed by atoms with Crippen LogP contribution in [0.2, 0.25) is 0 Å². The highest BCUT2D eigenvalue weighted by Gasteiger charge is 2.12. The van der Waals surface area contributed by atoms with E-state index in [2.05, 4.69) is 17.1 Å². The van der Waals surface area contributed by atoms with Gasteiger partial charge in [-0.2, -0.15) is 0 Å². The Hall–Kier alpha value is -1.31. The minimum absolute atomic E-state index is 1.01. The minimum Gasteiger partial charge on any atom is -0.336 e. The van der Waals surface area contributed by atoms with Gasteiger partial charge in [0.05, 0.1) is 0 Å². The van der Waals surface area contributed by atoms with Crippen LogP contribution in [0, 0.1) is 0 Å². The smallest absolute Gasteiger partial charge is 0.139 e. The van der Waals surface area contributed by atoms with Crippen molar-refractivity contribution >= 4 is 5.84 Å². The van der Waals surface area contributed by atoms with Gasteiger partial charge in [-0.25, -0.2) is 4.99 Å². The van der Waals surface area contributed by atoms with E-state index in [4.69, 9.17) is 0 Å². The summed E-state index contributed by atoms with van der Waals surface area (Å²) in [7, 11) is 2.00. The molecule has 1 rings (SSSR count). The lowest BCUT2D eigenvalue weighted by molar-refractivity contribution is 0.704. The van der Waals surface area contributed by atoms with Gasteiger partial charge in [0.1, 0.15) is 5.84 Å². The fourth-order valence-corrected chi connectivity index (χ4v) is 1.08.